The van der Waals surface area contributed by atoms with Gasteiger partial charge in [-0.2, -0.15) is 0 Å². The third-order valence-corrected chi connectivity index (χ3v) is 5.81. The van der Waals surface area contributed by atoms with Crippen LogP contribution in [0.4, 0.5) is 4.39 Å². The smallest absolute Gasteiger partial charge is 0.243 e. The number of furan rings is 1. The van der Waals surface area contributed by atoms with Crippen LogP contribution in [0.2, 0.25) is 0 Å². The van der Waals surface area contributed by atoms with E-state index in [0.717, 1.165) is 44.3 Å². The zero-order valence-electron chi connectivity index (χ0n) is 13.3. The van der Waals surface area contributed by atoms with Gasteiger partial charge >= 0.3 is 0 Å². The molecule has 0 amide bonds. The molecular formula is C17H21FN2O3S. The number of nitrogens with zero attached hydrogens (tertiary/aromatic N) is 1. The standard InChI is InChI=1S/C17H21FN2O3S/c18-16-5-1-2-6-17(16)24(21,22)19-12-14-7-9-20(10-8-14)13-15-4-3-11-23-15/h1-6,11,14,19H,7-10,12-13H2. The topological polar surface area (TPSA) is 62.6 Å². The Kier molecular flexibility index (Phi) is 5.33. The quantitative estimate of drug-likeness (QED) is 0.868. The highest BCUT2D eigenvalue weighted by molar-refractivity contribution is 7.89. The van der Waals surface area contributed by atoms with Crippen LogP contribution >= 0.6 is 0 Å². The first-order valence-corrected chi connectivity index (χ1v) is 9.52. The van der Waals surface area contributed by atoms with Crippen molar-refractivity contribution in [3.05, 3.63) is 54.2 Å². The van der Waals surface area contributed by atoms with Gasteiger partial charge in [0.15, 0.2) is 0 Å². The maximum absolute atomic E-state index is 13.6. The molecule has 1 fully saturated rings. The minimum absolute atomic E-state index is 0.263. The van der Waals surface area contributed by atoms with E-state index >= 15 is 0 Å². The molecule has 0 saturated carbocycles. The van der Waals surface area contributed by atoms with Crippen molar-refractivity contribution in [3.8, 4) is 0 Å². The SMILES string of the molecule is O=S(=O)(NCC1CCN(Cc2ccco2)CC1)c1ccccc1F. The molecule has 0 unspecified atom stereocenters. The summed E-state index contributed by atoms with van der Waals surface area (Å²) >= 11 is 0. The van der Waals surface area contributed by atoms with Gasteiger partial charge in [-0.15, -0.1) is 0 Å². The van der Waals surface area contributed by atoms with Crippen molar-refractivity contribution in [2.75, 3.05) is 19.6 Å². The Morgan fingerprint density at radius 2 is 1.92 bits per heavy atom. The highest BCUT2D eigenvalue weighted by Gasteiger charge is 2.23. The van der Waals surface area contributed by atoms with Crippen LogP contribution in [0.25, 0.3) is 0 Å². The van der Waals surface area contributed by atoms with Crippen molar-refractivity contribution in [1.29, 1.82) is 0 Å². The number of hydrogen-bond acceptors (Lipinski definition) is 4. The molecule has 1 aromatic heterocycles. The Labute approximate surface area is 141 Å². The van der Waals surface area contributed by atoms with E-state index in [1.54, 1.807) is 6.26 Å². The molecule has 1 N–H and O–H groups in total. The monoisotopic (exact) mass is 352 g/mol. The molecule has 2 aromatic rings. The average molecular weight is 352 g/mol. The molecule has 24 heavy (non-hydrogen) atoms. The molecule has 1 aromatic carbocycles. The Morgan fingerprint density at radius 1 is 1.17 bits per heavy atom. The average Bonchev–Trinajstić information content (AvgIpc) is 3.07. The number of sulfonamides is 1. The van der Waals surface area contributed by atoms with Gasteiger partial charge in [0.1, 0.15) is 16.5 Å². The summed E-state index contributed by atoms with van der Waals surface area (Å²) in [6, 6.07) is 9.26. The molecular weight excluding hydrogens is 331 g/mol. The van der Waals surface area contributed by atoms with Crippen LogP contribution in [0.5, 0.6) is 0 Å². The molecule has 7 heteroatoms. The third-order valence-electron chi connectivity index (χ3n) is 4.35. The normalized spacial score (nSPS) is 17.2. The second kappa shape index (κ2) is 7.46. The van der Waals surface area contributed by atoms with Crippen molar-refractivity contribution in [2.45, 2.75) is 24.3 Å². The van der Waals surface area contributed by atoms with E-state index in [0.29, 0.717) is 6.54 Å². The second-order valence-electron chi connectivity index (χ2n) is 6.08. The molecule has 1 aliphatic rings. The molecule has 130 valence electrons. The van der Waals surface area contributed by atoms with Crippen LogP contribution in [0.1, 0.15) is 18.6 Å². The summed E-state index contributed by atoms with van der Waals surface area (Å²) in [7, 11) is -3.80. The summed E-state index contributed by atoms with van der Waals surface area (Å²) in [5.41, 5.74) is 0. The predicted molar refractivity (Wildman–Crippen MR) is 88.3 cm³/mol. The Bertz CT molecular complexity index is 754. The van der Waals surface area contributed by atoms with Gasteiger partial charge in [0, 0.05) is 6.54 Å². The first kappa shape index (κ1) is 17.1. The number of likely N-dealkylation sites (tertiary alicyclic amines) is 1. The summed E-state index contributed by atoms with van der Waals surface area (Å²) in [4.78, 5) is 2.00. The number of rotatable bonds is 6. The van der Waals surface area contributed by atoms with E-state index in [9.17, 15) is 12.8 Å². The lowest BCUT2D eigenvalue weighted by Crippen LogP contribution is -2.38. The summed E-state index contributed by atoms with van der Waals surface area (Å²) in [6.45, 7) is 2.91. The van der Waals surface area contributed by atoms with Gasteiger partial charge in [-0.05, 0) is 56.1 Å². The number of benzene rings is 1. The minimum atomic E-state index is -3.80. The number of nitrogens with one attached hydrogen (secondary N) is 1. The zero-order chi connectivity index (χ0) is 17.0. The van der Waals surface area contributed by atoms with E-state index in [1.807, 2.05) is 12.1 Å². The first-order chi connectivity index (χ1) is 11.5. The van der Waals surface area contributed by atoms with Gasteiger partial charge in [0.2, 0.25) is 10.0 Å². The molecule has 0 spiro atoms. The molecule has 1 aliphatic heterocycles. The van der Waals surface area contributed by atoms with Crippen LogP contribution in [0.3, 0.4) is 0 Å². The lowest BCUT2D eigenvalue weighted by molar-refractivity contribution is 0.168. The van der Waals surface area contributed by atoms with Crippen LogP contribution in [-0.4, -0.2) is 33.0 Å². The van der Waals surface area contributed by atoms with Crippen LogP contribution in [0.15, 0.2) is 52.0 Å². The van der Waals surface area contributed by atoms with E-state index < -0.39 is 15.8 Å². The largest absolute Gasteiger partial charge is 0.468 e. The minimum Gasteiger partial charge on any atom is -0.468 e. The molecule has 0 bridgehead atoms. The van der Waals surface area contributed by atoms with E-state index in [4.69, 9.17) is 4.42 Å². The molecule has 3 rings (SSSR count). The Balaban J connectivity index is 1.49. The van der Waals surface area contributed by atoms with Crippen molar-refractivity contribution in [1.82, 2.24) is 9.62 Å². The van der Waals surface area contributed by atoms with Gasteiger partial charge in [0.05, 0.1) is 12.8 Å². The van der Waals surface area contributed by atoms with Gasteiger partial charge in [-0.1, -0.05) is 12.1 Å². The fraction of sp³-hybridized carbons (Fsp3) is 0.412. The van der Waals surface area contributed by atoms with Crippen molar-refractivity contribution in [3.63, 3.8) is 0 Å². The fourth-order valence-corrected chi connectivity index (χ4v) is 4.13. The van der Waals surface area contributed by atoms with Crippen molar-refractivity contribution in [2.24, 2.45) is 5.92 Å². The lowest BCUT2D eigenvalue weighted by Gasteiger charge is -2.31. The van der Waals surface area contributed by atoms with E-state index in [2.05, 4.69) is 9.62 Å². The molecule has 0 aliphatic carbocycles. The first-order valence-electron chi connectivity index (χ1n) is 8.03. The number of halogens is 1. The molecule has 2 heterocycles. The van der Waals surface area contributed by atoms with Crippen molar-refractivity contribution < 1.29 is 17.2 Å². The summed E-state index contributed by atoms with van der Waals surface area (Å²) in [5.74, 6) is 0.478. The Morgan fingerprint density at radius 3 is 2.58 bits per heavy atom. The van der Waals surface area contributed by atoms with Crippen LogP contribution < -0.4 is 4.72 Å². The zero-order valence-corrected chi connectivity index (χ0v) is 14.1. The summed E-state index contributed by atoms with van der Waals surface area (Å²) in [5, 5.41) is 0. The summed E-state index contributed by atoms with van der Waals surface area (Å²) < 4.78 is 45.9. The van der Waals surface area contributed by atoms with Gasteiger partial charge < -0.3 is 4.42 Å². The Hall–Kier alpha value is -1.70. The van der Waals surface area contributed by atoms with E-state index in [-0.39, 0.29) is 10.8 Å². The van der Waals surface area contributed by atoms with Gasteiger partial charge in [-0.25, -0.2) is 17.5 Å². The highest BCUT2D eigenvalue weighted by Crippen LogP contribution is 2.20. The maximum Gasteiger partial charge on any atom is 0.243 e. The van der Waals surface area contributed by atoms with E-state index in [1.165, 1.54) is 18.2 Å². The summed E-state index contributed by atoms with van der Waals surface area (Å²) in [6.07, 6.45) is 3.47. The number of hydrogen-bond donors (Lipinski definition) is 1. The second-order valence-corrected chi connectivity index (χ2v) is 7.82. The molecule has 1 saturated heterocycles. The van der Waals surface area contributed by atoms with Crippen molar-refractivity contribution >= 4 is 10.0 Å². The predicted octanol–water partition coefficient (Wildman–Crippen LogP) is 2.61. The van der Waals surface area contributed by atoms with Crippen LogP contribution in [0, 0.1) is 11.7 Å². The number of piperidine rings is 1. The van der Waals surface area contributed by atoms with Crippen LogP contribution in [-0.2, 0) is 16.6 Å². The molecule has 0 radical (unpaired) electrons. The molecule has 5 nitrogen and oxygen atoms in total. The fourth-order valence-electron chi connectivity index (χ4n) is 2.94. The highest BCUT2D eigenvalue weighted by atomic mass is 32.2. The van der Waals surface area contributed by atoms with Gasteiger partial charge in [-0.3, -0.25) is 4.90 Å². The third kappa shape index (κ3) is 4.23. The lowest BCUT2D eigenvalue weighted by atomic mass is 9.97. The maximum atomic E-state index is 13.6. The van der Waals surface area contributed by atoms with Gasteiger partial charge in [0.25, 0.3) is 0 Å². The molecule has 0 atom stereocenters.